The van der Waals surface area contributed by atoms with Crippen molar-refractivity contribution in [2.45, 2.75) is 5.88 Å². The lowest BCUT2D eigenvalue weighted by molar-refractivity contribution is 0.478. The monoisotopic (exact) mass is 295 g/mol. The molecule has 0 aromatic heterocycles. The second-order valence-electron chi connectivity index (χ2n) is 4.38. The molecule has 2 rings (SSSR count). The zero-order valence-electron chi connectivity index (χ0n) is 10.9. The van der Waals surface area contributed by atoms with Gasteiger partial charge in [-0.1, -0.05) is 23.7 Å². The number of nitrogens with zero attached hydrogens (tertiary/aromatic N) is 1. The highest BCUT2D eigenvalue weighted by molar-refractivity contribution is 6.30. The minimum atomic E-state index is 0.389. The van der Waals surface area contributed by atoms with Crippen LogP contribution in [0.5, 0.6) is 11.5 Å². The smallest absolute Gasteiger partial charge is 0.133 e. The minimum absolute atomic E-state index is 0.389. The quantitative estimate of drug-likeness (QED) is 0.741. The van der Waals surface area contributed by atoms with Crippen molar-refractivity contribution in [2.24, 2.45) is 0 Å². The maximum atomic E-state index is 5.99. The number of ether oxygens (including phenoxy) is 1. The molecule has 0 aliphatic carbocycles. The van der Waals surface area contributed by atoms with Crippen LogP contribution in [-0.4, -0.2) is 14.1 Å². The molecule has 2 aromatic carbocycles. The van der Waals surface area contributed by atoms with E-state index in [1.54, 1.807) is 6.07 Å². The minimum Gasteiger partial charge on any atom is -0.457 e. The van der Waals surface area contributed by atoms with Gasteiger partial charge in [-0.15, -0.1) is 11.6 Å². The van der Waals surface area contributed by atoms with Crippen LogP contribution in [0.2, 0.25) is 5.02 Å². The predicted molar refractivity (Wildman–Crippen MR) is 81.9 cm³/mol. The summed E-state index contributed by atoms with van der Waals surface area (Å²) < 4.78 is 5.88. The van der Waals surface area contributed by atoms with E-state index in [2.05, 4.69) is 0 Å². The molecule has 2 nitrogen and oxygen atoms in total. The van der Waals surface area contributed by atoms with Crippen LogP contribution >= 0.6 is 23.2 Å². The lowest BCUT2D eigenvalue weighted by Gasteiger charge is -2.15. The average Bonchev–Trinajstić information content (AvgIpc) is 2.39. The summed E-state index contributed by atoms with van der Waals surface area (Å²) in [6, 6.07) is 13.3. The van der Waals surface area contributed by atoms with E-state index in [0.717, 1.165) is 17.0 Å². The summed E-state index contributed by atoms with van der Waals surface area (Å²) in [7, 11) is 3.98. The molecule has 19 heavy (non-hydrogen) atoms. The van der Waals surface area contributed by atoms with Crippen molar-refractivity contribution < 1.29 is 4.74 Å². The van der Waals surface area contributed by atoms with Crippen LogP contribution < -0.4 is 9.64 Å². The number of alkyl halides is 1. The number of rotatable bonds is 4. The molecule has 0 unspecified atom stereocenters. The molecule has 0 amide bonds. The average molecular weight is 296 g/mol. The first kappa shape index (κ1) is 14.0. The molecule has 0 heterocycles. The van der Waals surface area contributed by atoms with Crippen LogP contribution in [0.4, 0.5) is 5.69 Å². The van der Waals surface area contributed by atoms with Crippen molar-refractivity contribution in [2.75, 3.05) is 19.0 Å². The summed E-state index contributed by atoms with van der Waals surface area (Å²) in [6.45, 7) is 0. The van der Waals surface area contributed by atoms with Gasteiger partial charge in [0.2, 0.25) is 0 Å². The number of halogens is 2. The molecular formula is C15H15Cl2NO. The largest absolute Gasteiger partial charge is 0.457 e. The van der Waals surface area contributed by atoms with Crippen molar-refractivity contribution >= 4 is 28.9 Å². The Morgan fingerprint density at radius 2 is 1.89 bits per heavy atom. The van der Waals surface area contributed by atoms with Crippen molar-refractivity contribution in [1.29, 1.82) is 0 Å². The third-order valence-electron chi connectivity index (χ3n) is 2.74. The third kappa shape index (κ3) is 3.55. The number of benzene rings is 2. The van der Waals surface area contributed by atoms with Crippen LogP contribution in [0.25, 0.3) is 0 Å². The van der Waals surface area contributed by atoms with E-state index in [-0.39, 0.29) is 0 Å². The molecule has 100 valence electrons. The molecule has 0 N–H and O–H groups in total. The van der Waals surface area contributed by atoms with Gasteiger partial charge in [0.1, 0.15) is 11.5 Å². The first-order chi connectivity index (χ1) is 9.10. The maximum Gasteiger partial charge on any atom is 0.133 e. The Hall–Kier alpha value is -1.38. The summed E-state index contributed by atoms with van der Waals surface area (Å²) in [6.07, 6.45) is 0. The standard InChI is InChI=1S/C15H15Cl2NO/c1-18(2)13-4-3-5-14(9-13)19-15-8-12(17)7-6-11(15)10-16/h3-9H,10H2,1-2H3. The van der Waals surface area contributed by atoms with Gasteiger partial charge in [0.25, 0.3) is 0 Å². The molecule has 0 aliphatic rings. The summed E-state index contributed by atoms with van der Waals surface area (Å²) in [4.78, 5) is 2.02. The third-order valence-corrected chi connectivity index (χ3v) is 3.26. The van der Waals surface area contributed by atoms with E-state index >= 15 is 0 Å². The van der Waals surface area contributed by atoms with E-state index in [9.17, 15) is 0 Å². The van der Waals surface area contributed by atoms with E-state index < -0.39 is 0 Å². The van der Waals surface area contributed by atoms with Gasteiger partial charge in [0, 0.05) is 36.4 Å². The van der Waals surface area contributed by atoms with Gasteiger partial charge >= 0.3 is 0 Å². The van der Waals surface area contributed by atoms with E-state index in [4.69, 9.17) is 27.9 Å². The maximum absolute atomic E-state index is 5.99. The predicted octanol–water partition coefficient (Wildman–Crippen LogP) is 4.94. The summed E-state index contributed by atoms with van der Waals surface area (Å²) >= 11 is 11.9. The lowest BCUT2D eigenvalue weighted by atomic mass is 10.2. The first-order valence-electron chi connectivity index (χ1n) is 5.90. The molecule has 0 aliphatic heterocycles. The lowest BCUT2D eigenvalue weighted by Crippen LogP contribution is -2.08. The Kier molecular flexibility index (Phi) is 4.56. The summed E-state index contributed by atoms with van der Waals surface area (Å²) in [5.74, 6) is 1.85. The van der Waals surface area contributed by atoms with Gasteiger partial charge in [0.05, 0.1) is 5.88 Å². The fraction of sp³-hybridized carbons (Fsp3) is 0.200. The SMILES string of the molecule is CN(C)c1cccc(Oc2cc(Cl)ccc2CCl)c1. The molecule has 0 atom stereocenters. The zero-order valence-corrected chi connectivity index (χ0v) is 12.4. The van der Waals surface area contributed by atoms with Crippen LogP contribution in [0.1, 0.15) is 5.56 Å². The van der Waals surface area contributed by atoms with E-state index in [1.807, 2.05) is 55.4 Å². The van der Waals surface area contributed by atoms with Gasteiger partial charge in [-0.2, -0.15) is 0 Å². The summed E-state index contributed by atoms with van der Waals surface area (Å²) in [5.41, 5.74) is 1.99. The second-order valence-corrected chi connectivity index (χ2v) is 5.08. The molecule has 0 spiro atoms. The molecule has 0 radical (unpaired) electrons. The number of anilines is 1. The fourth-order valence-electron chi connectivity index (χ4n) is 1.69. The molecule has 2 aromatic rings. The van der Waals surface area contributed by atoms with Crippen LogP contribution in [-0.2, 0) is 5.88 Å². The highest BCUT2D eigenvalue weighted by Crippen LogP contribution is 2.31. The molecular weight excluding hydrogens is 281 g/mol. The molecule has 4 heteroatoms. The van der Waals surface area contributed by atoms with Gasteiger partial charge in [0.15, 0.2) is 0 Å². The summed E-state index contributed by atoms with van der Waals surface area (Å²) in [5, 5.41) is 0.632. The van der Waals surface area contributed by atoms with Gasteiger partial charge in [-0.25, -0.2) is 0 Å². The molecule has 0 saturated heterocycles. The van der Waals surface area contributed by atoms with Gasteiger partial charge < -0.3 is 9.64 Å². The van der Waals surface area contributed by atoms with E-state index in [0.29, 0.717) is 16.7 Å². The normalized spacial score (nSPS) is 10.3. The number of hydrogen-bond acceptors (Lipinski definition) is 2. The van der Waals surface area contributed by atoms with Crippen molar-refractivity contribution in [3.05, 3.63) is 53.1 Å². The molecule has 0 bridgehead atoms. The second kappa shape index (κ2) is 6.18. The molecule has 0 fully saturated rings. The number of hydrogen-bond donors (Lipinski definition) is 0. The highest BCUT2D eigenvalue weighted by Gasteiger charge is 2.06. The Morgan fingerprint density at radius 3 is 2.58 bits per heavy atom. The van der Waals surface area contributed by atoms with Crippen LogP contribution in [0.15, 0.2) is 42.5 Å². The topological polar surface area (TPSA) is 12.5 Å². The fourth-order valence-corrected chi connectivity index (χ4v) is 2.07. The van der Waals surface area contributed by atoms with E-state index in [1.165, 1.54) is 0 Å². The van der Waals surface area contributed by atoms with Crippen LogP contribution in [0, 0.1) is 0 Å². The Bertz CT molecular complexity index is 570. The van der Waals surface area contributed by atoms with Gasteiger partial charge in [-0.05, 0) is 24.3 Å². The highest BCUT2D eigenvalue weighted by atomic mass is 35.5. The first-order valence-corrected chi connectivity index (χ1v) is 6.81. The molecule has 0 saturated carbocycles. The Balaban J connectivity index is 2.30. The van der Waals surface area contributed by atoms with Crippen molar-refractivity contribution in [3.63, 3.8) is 0 Å². The van der Waals surface area contributed by atoms with Crippen LogP contribution in [0.3, 0.4) is 0 Å². The van der Waals surface area contributed by atoms with Crippen molar-refractivity contribution in [3.8, 4) is 11.5 Å². The Morgan fingerprint density at radius 1 is 1.11 bits per heavy atom. The van der Waals surface area contributed by atoms with Crippen molar-refractivity contribution in [1.82, 2.24) is 0 Å². The Labute approximate surface area is 123 Å². The zero-order chi connectivity index (χ0) is 13.8. The van der Waals surface area contributed by atoms with Gasteiger partial charge in [-0.3, -0.25) is 0 Å².